The third-order valence-electron chi connectivity index (χ3n) is 4.76. The SMILES string of the molecule is O=C(C1CCC1)N1CCN(CCNC2=NCCCN2)CC1. The Balaban J connectivity index is 1.32. The molecule has 0 aromatic carbocycles. The maximum atomic E-state index is 12.2. The van der Waals surface area contributed by atoms with Crippen LogP contribution in [0.4, 0.5) is 0 Å². The minimum Gasteiger partial charge on any atom is -0.356 e. The summed E-state index contributed by atoms with van der Waals surface area (Å²) in [4.78, 5) is 21.1. The number of carbonyl (C=O) groups is 1. The molecule has 2 N–H and O–H groups in total. The Morgan fingerprint density at radius 3 is 2.67 bits per heavy atom. The van der Waals surface area contributed by atoms with Crippen molar-refractivity contribution in [3.05, 3.63) is 0 Å². The quantitative estimate of drug-likeness (QED) is 0.758. The first-order valence-corrected chi connectivity index (χ1v) is 8.36. The highest BCUT2D eigenvalue weighted by Crippen LogP contribution is 2.28. The van der Waals surface area contributed by atoms with E-state index in [1.54, 1.807) is 0 Å². The fourth-order valence-corrected chi connectivity index (χ4v) is 3.09. The maximum Gasteiger partial charge on any atom is 0.225 e. The van der Waals surface area contributed by atoms with Crippen molar-refractivity contribution >= 4 is 11.9 Å². The fraction of sp³-hybridized carbons (Fsp3) is 0.867. The Morgan fingerprint density at radius 2 is 2.05 bits per heavy atom. The van der Waals surface area contributed by atoms with Crippen LogP contribution < -0.4 is 10.6 Å². The Kier molecular flexibility index (Phi) is 4.95. The van der Waals surface area contributed by atoms with E-state index < -0.39 is 0 Å². The van der Waals surface area contributed by atoms with Gasteiger partial charge in [-0.15, -0.1) is 0 Å². The van der Waals surface area contributed by atoms with Crippen molar-refractivity contribution in [2.24, 2.45) is 10.9 Å². The van der Waals surface area contributed by atoms with Gasteiger partial charge in [0.1, 0.15) is 0 Å². The Morgan fingerprint density at radius 1 is 1.24 bits per heavy atom. The molecule has 2 aliphatic heterocycles. The molecule has 2 fully saturated rings. The molecular formula is C15H27N5O. The van der Waals surface area contributed by atoms with Crippen molar-refractivity contribution in [3.63, 3.8) is 0 Å². The fourth-order valence-electron chi connectivity index (χ4n) is 3.09. The average molecular weight is 293 g/mol. The molecule has 1 saturated carbocycles. The molecule has 1 saturated heterocycles. The number of rotatable bonds is 4. The first-order valence-electron chi connectivity index (χ1n) is 8.36. The zero-order valence-electron chi connectivity index (χ0n) is 12.8. The van der Waals surface area contributed by atoms with Crippen molar-refractivity contribution in [3.8, 4) is 0 Å². The Labute approximate surface area is 127 Å². The van der Waals surface area contributed by atoms with Gasteiger partial charge in [-0.05, 0) is 19.3 Å². The van der Waals surface area contributed by atoms with Crippen molar-refractivity contribution in [1.29, 1.82) is 0 Å². The van der Waals surface area contributed by atoms with Gasteiger partial charge in [-0.1, -0.05) is 6.42 Å². The minimum absolute atomic E-state index is 0.341. The summed E-state index contributed by atoms with van der Waals surface area (Å²) in [5, 5.41) is 6.63. The molecule has 6 heteroatoms. The third kappa shape index (κ3) is 3.87. The van der Waals surface area contributed by atoms with E-state index in [-0.39, 0.29) is 0 Å². The molecule has 1 amide bonds. The summed E-state index contributed by atoms with van der Waals surface area (Å²) < 4.78 is 0. The van der Waals surface area contributed by atoms with E-state index in [2.05, 4.69) is 25.4 Å². The highest BCUT2D eigenvalue weighted by Gasteiger charge is 2.30. The second-order valence-electron chi connectivity index (χ2n) is 6.23. The Hall–Kier alpha value is -1.30. The molecule has 0 unspecified atom stereocenters. The van der Waals surface area contributed by atoms with Gasteiger partial charge in [-0.25, -0.2) is 0 Å². The van der Waals surface area contributed by atoms with E-state index in [1.165, 1.54) is 6.42 Å². The van der Waals surface area contributed by atoms with E-state index in [1.807, 2.05) is 0 Å². The number of piperazine rings is 1. The third-order valence-corrected chi connectivity index (χ3v) is 4.76. The van der Waals surface area contributed by atoms with Crippen LogP contribution >= 0.6 is 0 Å². The standard InChI is InChI=1S/C15H27N5O/c21-14(13-3-1-4-13)20-11-9-19(10-12-20)8-7-18-15-16-5-2-6-17-15/h13H,1-12H2,(H2,16,17,18). The predicted octanol–water partition coefficient (Wildman–Crippen LogP) is -0.130. The summed E-state index contributed by atoms with van der Waals surface area (Å²) in [6.07, 6.45) is 4.58. The van der Waals surface area contributed by atoms with Crippen LogP contribution in [0.3, 0.4) is 0 Å². The van der Waals surface area contributed by atoms with Gasteiger partial charge in [-0.2, -0.15) is 0 Å². The molecule has 118 valence electrons. The number of aliphatic imine (C=N–C) groups is 1. The lowest BCUT2D eigenvalue weighted by molar-refractivity contribution is -0.139. The molecule has 6 nitrogen and oxygen atoms in total. The van der Waals surface area contributed by atoms with Gasteiger partial charge in [0, 0.05) is 58.3 Å². The molecule has 0 aromatic heterocycles. The number of nitrogens with one attached hydrogen (secondary N) is 2. The Bertz CT molecular complexity index is 386. The van der Waals surface area contributed by atoms with Crippen LogP contribution in [0, 0.1) is 5.92 Å². The molecule has 3 aliphatic rings. The molecular weight excluding hydrogens is 266 g/mol. The molecule has 21 heavy (non-hydrogen) atoms. The second-order valence-corrected chi connectivity index (χ2v) is 6.23. The summed E-state index contributed by atoms with van der Waals surface area (Å²) in [6.45, 7) is 7.68. The minimum atomic E-state index is 0.341. The average Bonchev–Trinajstić information content (AvgIpc) is 2.47. The molecule has 0 atom stereocenters. The lowest BCUT2D eigenvalue weighted by Crippen LogP contribution is -2.52. The van der Waals surface area contributed by atoms with E-state index >= 15 is 0 Å². The smallest absolute Gasteiger partial charge is 0.225 e. The van der Waals surface area contributed by atoms with Crippen molar-refractivity contribution in [1.82, 2.24) is 20.4 Å². The molecule has 0 radical (unpaired) electrons. The predicted molar refractivity (Wildman–Crippen MR) is 83.3 cm³/mol. The van der Waals surface area contributed by atoms with E-state index in [9.17, 15) is 4.79 Å². The molecule has 0 bridgehead atoms. The topological polar surface area (TPSA) is 60.0 Å². The van der Waals surface area contributed by atoms with Crippen molar-refractivity contribution < 1.29 is 4.79 Å². The van der Waals surface area contributed by atoms with Crippen LogP contribution in [0.1, 0.15) is 25.7 Å². The van der Waals surface area contributed by atoms with Gasteiger partial charge in [0.15, 0.2) is 5.96 Å². The number of nitrogens with zero attached hydrogens (tertiary/aromatic N) is 3. The summed E-state index contributed by atoms with van der Waals surface area (Å²) in [5.74, 6) is 1.69. The van der Waals surface area contributed by atoms with Gasteiger partial charge >= 0.3 is 0 Å². The van der Waals surface area contributed by atoms with Crippen LogP contribution in [0.2, 0.25) is 0 Å². The highest BCUT2D eigenvalue weighted by atomic mass is 16.2. The molecule has 0 spiro atoms. The van der Waals surface area contributed by atoms with Gasteiger partial charge in [0.05, 0.1) is 0 Å². The highest BCUT2D eigenvalue weighted by molar-refractivity contribution is 5.80. The summed E-state index contributed by atoms with van der Waals surface area (Å²) in [6, 6.07) is 0. The maximum absolute atomic E-state index is 12.2. The van der Waals surface area contributed by atoms with Gasteiger partial charge in [0.25, 0.3) is 0 Å². The van der Waals surface area contributed by atoms with Crippen LogP contribution in [0.25, 0.3) is 0 Å². The van der Waals surface area contributed by atoms with Gasteiger partial charge in [0.2, 0.25) is 5.91 Å². The van der Waals surface area contributed by atoms with Crippen molar-refractivity contribution in [2.45, 2.75) is 25.7 Å². The lowest BCUT2D eigenvalue weighted by Gasteiger charge is -2.38. The van der Waals surface area contributed by atoms with E-state index in [0.29, 0.717) is 11.8 Å². The second kappa shape index (κ2) is 7.11. The number of amides is 1. The first kappa shape index (κ1) is 14.6. The first-order chi connectivity index (χ1) is 10.3. The number of guanidine groups is 1. The van der Waals surface area contributed by atoms with Gasteiger partial charge in [-0.3, -0.25) is 14.7 Å². The molecule has 3 rings (SSSR count). The van der Waals surface area contributed by atoms with Crippen LogP contribution in [-0.4, -0.2) is 74.0 Å². The normalized spacial score (nSPS) is 24.0. The largest absolute Gasteiger partial charge is 0.356 e. The number of hydrogen-bond acceptors (Lipinski definition) is 5. The molecule has 1 aliphatic carbocycles. The van der Waals surface area contributed by atoms with Crippen molar-refractivity contribution in [2.75, 3.05) is 52.4 Å². The monoisotopic (exact) mass is 293 g/mol. The number of hydrogen-bond donors (Lipinski definition) is 2. The van der Waals surface area contributed by atoms with Crippen LogP contribution in [0.15, 0.2) is 4.99 Å². The van der Waals surface area contributed by atoms with Gasteiger partial charge < -0.3 is 15.5 Å². The number of carbonyl (C=O) groups excluding carboxylic acids is 1. The summed E-state index contributed by atoms with van der Waals surface area (Å²) >= 11 is 0. The van der Waals surface area contributed by atoms with Crippen LogP contribution in [-0.2, 0) is 4.79 Å². The molecule has 2 heterocycles. The summed E-state index contributed by atoms with van der Waals surface area (Å²) in [5.41, 5.74) is 0. The van der Waals surface area contributed by atoms with E-state index in [4.69, 9.17) is 0 Å². The van der Waals surface area contributed by atoms with E-state index in [0.717, 1.165) is 77.6 Å². The summed E-state index contributed by atoms with van der Waals surface area (Å²) in [7, 11) is 0. The zero-order chi connectivity index (χ0) is 14.5. The molecule has 0 aromatic rings. The zero-order valence-corrected chi connectivity index (χ0v) is 12.8. The lowest BCUT2D eigenvalue weighted by atomic mass is 9.84. The van der Waals surface area contributed by atoms with Crippen LogP contribution in [0.5, 0.6) is 0 Å².